The molecule has 126 valence electrons. The molecule has 0 saturated carbocycles. The number of benzene rings is 1. The number of ether oxygens (including phenoxy) is 1. The summed E-state index contributed by atoms with van der Waals surface area (Å²) in [6.07, 6.45) is -0.284. The molecule has 0 aliphatic rings. The standard InChI is InChI=1S/C16H23N3O4/c1-5-13(20)18-11-7-6-8-12(9-11)19-14(21)10-17-15(22)23-16(2,3)4/h6-9H,5,10H2,1-4H3,(H,17,22)(H,18,20)(H,19,21). The Morgan fingerprint density at radius 2 is 1.61 bits per heavy atom. The topological polar surface area (TPSA) is 96.5 Å². The maximum absolute atomic E-state index is 11.8. The first-order valence-corrected chi connectivity index (χ1v) is 7.36. The minimum absolute atomic E-state index is 0.111. The molecule has 23 heavy (non-hydrogen) atoms. The highest BCUT2D eigenvalue weighted by atomic mass is 16.6. The van der Waals surface area contributed by atoms with Crippen LogP contribution in [-0.2, 0) is 14.3 Å². The zero-order valence-corrected chi connectivity index (χ0v) is 13.9. The molecule has 0 radical (unpaired) electrons. The van der Waals surface area contributed by atoms with Crippen molar-refractivity contribution in [3.05, 3.63) is 24.3 Å². The van der Waals surface area contributed by atoms with Gasteiger partial charge in [-0.25, -0.2) is 4.79 Å². The van der Waals surface area contributed by atoms with Crippen LogP contribution in [0.1, 0.15) is 34.1 Å². The quantitative estimate of drug-likeness (QED) is 0.776. The summed E-state index contributed by atoms with van der Waals surface area (Å²) in [5, 5.41) is 7.70. The molecule has 3 amide bonds. The van der Waals surface area contributed by atoms with Gasteiger partial charge in [-0.15, -0.1) is 0 Å². The second-order valence-electron chi connectivity index (χ2n) is 5.89. The third-order valence-corrected chi connectivity index (χ3v) is 2.54. The van der Waals surface area contributed by atoms with Crippen molar-refractivity contribution in [2.24, 2.45) is 0 Å². The molecule has 7 nitrogen and oxygen atoms in total. The summed E-state index contributed by atoms with van der Waals surface area (Å²) in [6, 6.07) is 6.76. The lowest BCUT2D eigenvalue weighted by Crippen LogP contribution is -2.37. The molecule has 1 rings (SSSR count). The first-order valence-electron chi connectivity index (χ1n) is 7.36. The minimum Gasteiger partial charge on any atom is -0.444 e. The second-order valence-corrected chi connectivity index (χ2v) is 5.89. The molecule has 1 aromatic carbocycles. The molecule has 0 aliphatic carbocycles. The van der Waals surface area contributed by atoms with E-state index in [9.17, 15) is 14.4 Å². The molecule has 0 saturated heterocycles. The summed E-state index contributed by atoms with van der Waals surface area (Å²) in [6.45, 7) is 6.76. The number of hydrogen-bond acceptors (Lipinski definition) is 4. The Balaban J connectivity index is 2.50. The highest BCUT2D eigenvalue weighted by molar-refractivity contribution is 5.95. The smallest absolute Gasteiger partial charge is 0.408 e. The van der Waals surface area contributed by atoms with Crippen molar-refractivity contribution in [1.82, 2.24) is 5.32 Å². The van der Waals surface area contributed by atoms with Gasteiger partial charge in [0.2, 0.25) is 11.8 Å². The van der Waals surface area contributed by atoms with Crippen LogP contribution >= 0.6 is 0 Å². The van der Waals surface area contributed by atoms with Crippen LogP contribution in [0.25, 0.3) is 0 Å². The van der Waals surface area contributed by atoms with E-state index >= 15 is 0 Å². The molecule has 0 bridgehead atoms. The Bertz CT molecular complexity index is 579. The van der Waals surface area contributed by atoms with Gasteiger partial charge in [0.05, 0.1) is 0 Å². The van der Waals surface area contributed by atoms with E-state index in [0.29, 0.717) is 17.8 Å². The summed E-state index contributed by atoms with van der Waals surface area (Å²) >= 11 is 0. The molecular weight excluding hydrogens is 298 g/mol. The van der Waals surface area contributed by atoms with Crippen LogP contribution < -0.4 is 16.0 Å². The fourth-order valence-corrected chi connectivity index (χ4v) is 1.60. The van der Waals surface area contributed by atoms with Crippen molar-refractivity contribution in [2.75, 3.05) is 17.2 Å². The Morgan fingerprint density at radius 3 is 2.13 bits per heavy atom. The molecule has 7 heteroatoms. The van der Waals surface area contributed by atoms with Gasteiger partial charge in [-0.3, -0.25) is 9.59 Å². The van der Waals surface area contributed by atoms with E-state index in [1.54, 1.807) is 52.0 Å². The highest BCUT2D eigenvalue weighted by Gasteiger charge is 2.16. The fraction of sp³-hybridized carbons (Fsp3) is 0.438. The molecule has 0 heterocycles. The predicted octanol–water partition coefficient (Wildman–Crippen LogP) is 2.50. The van der Waals surface area contributed by atoms with Crippen LogP contribution in [0.5, 0.6) is 0 Å². The van der Waals surface area contributed by atoms with E-state index in [0.717, 1.165) is 0 Å². The Kier molecular flexibility index (Phi) is 6.56. The molecule has 0 aliphatic heterocycles. The lowest BCUT2D eigenvalue weighted by molar-refractivity contribution is -0.116. The molecule has 0 aromatic heterocycles. The van der Waals surface area contributed by atoms with E-state index in [4.69, 9.17) is 4.74 Å². The largest absolute Gasteiger partial charge is 0.444 e. The van der Waals surface area contributed by atoms with Crippen molar-refractivity contribution in [2.45, 2.75) is 39.7 Å². The lowest BCUT2D eigenvalue weighted by Gasteiger charge is -2.19. The first-order chi connectivity index (χ1) is 10.7. The van der Waals surface area contributed by atoms with Crippen molar-refractivity contribution in [3.63, 3.8) is 0 Å². The molecule has 0 unspecified atom stereocenters. The monoisotopic (exact) mass is 321 g/mol. The van der Waals surface area contributed by atoms with Gasteiger partial charge < -0.3 is 20.7 Å². The van der Waals surface area contributed by atoms with Gasteiger partial charge in [0.15, 0.2) is 0 Å². The number of nitrogens with one attached hydrogen (secondary N) is 3. The minimum atomic E-state index is -0.656. The third-order valence-electron chi connectivity index (χ3n) is 2.54. The maximum Gasteiger partial charge on any atom is 0.408 e. The number of anilines is 2. The Labute approximate surface area is 135 Å². The van der Waals surface area contributed by atoms with Crippen LogP contribution in [0.2, 0.25) is 0 Å². The highest BCUT2D eigenvalue weighted by Crippen LogP contribution is 2.15. The zero-order chi connectivity index (χ0) is 17.5. The Morgan fingerprint density at radius 1 is 1.04 bits per heavy atom. The predicted molar refractivity (Wildman–Crippen MR) is 88.2 cm³/mol. The summed E-state index contributed by atoms with van der Waals surface area (Å²) in [5.74, 6) is -0.505. The van der Waals surface area contributed by atoms with E-state index in [-0.39, 0.29) is 12.5 Å². The fourth-order valence-electron chi connectivity index (χ4n) is 1.60. The Hall–Kier alpha value is -2.57. The molecular formula is C16H23N3O4. The molecule has 0 atom stereocenters. The second kappa shape index (κ2) is 8.17. The summed E-state index contributed by atoms with van der Waals surface area (Å²) in [7, 11) is 0. The van der Waals surface area contributed by atoms with Gasteiger partial charge in [-0.1, -0.05) is 13.0 Å². The average molecular weight is 321 g/mol. The summed E-state index contributed by atoms with van der Waals surface area (Å²) < 4.78 is 5.04. The maximum atomic E-state index is 11.8. The van der Waals surface area contributed by atoms with Crippen LogP contribution in [0.15, 0.2) is 24.3 Å². The molecule has 1 aromatic rings. The van der Waals surface area contributed by atoms with Gasteiger partial charge in [0.1, 0.15) is 12.1 Å². The number of rotatable bonds is 5. The van der Waals surface area contributed by atoms with Gasteiger partial charge in [-0.2, -0.15) is 0 Å². The normalized spacial score (nSPS) is 10.6. The molecule has 0 spiro atoms. The average Bonchev–Trinajstić information content (AvgIpc) is 2.43. The number of amides is 3. The number of carbonyl (C=O) groups is 3. The van der Waals surface area contributed by atoms with E-state index < -0.39 is 17.6 Å². The van der Waals surface area contributed by atoms with E-state index in [1.165, 1.54) is 0 Å². The zero-order valence-electron chi connectivity index (χ0n) is 13.9. The molecule has 3 N–H and O–H groups in total. The number of alkyl carbamates (subject to hydrolysis) is 1. The lowest BCUT2D eigenvalue weighted by atomic mass is 10.2. The number of hydrogen-bond donors (Lipinski definition) is 3. The summed E-state index contributed by atoms with van der Waals surface area (Å²) in [5.41, 5.74) is 0.497. The number of carbonyl (C=O) groups excluding carboxylic acids is 3. The van der Waals surface area contributed by atoms with Crippen molar-refractivity contribution in [3.8, 4) is 0 Å². The van der Waals surface area contributed by atoms with Crippen molar-refractivity contribution in [1.29, 1.82) is 0 Å². The van der Waals surface area contributed by atoms with Crippen LogP contribution in [0, 0.1) is 0 Å². The SMILES string of the molecule is CCC(=O)Nc1cccc(NC(=O)CNC(=O)OC(C)(C)C)c1. The van der Waals surface area contributed by atoms with Crippen molar-refractivity contribution >= 4 is 29.3 Å². The van der Waals surface area contributed by atoms with E-state index in [2.05, 4.69) is 16.0 Å². The van der Waals surface area contributed by atoms with Crippen LogP contribution in [0.3, 0.4) is 0 Å². The van der Waals surface area contributed by atoms with Gasteiger partial charge in [-0.05, 0) is 39.0 Å². The van der Waals surface area contributed by atoms with Gasteiger partial charge in [0.25, 0.3) is 0 Å². The van der Waals surface area contributed by atoms with Gasteiger partial charge >= 0.3 is 6.09 Å². The molecule has 0 fully saturated rings. The summed E-state index contributed by atoms with van der Waals surface area (Å²) in [4.78, 5) is 34.6. The van der Waals surface area contributed by atoms with Crippen molar-refractivity contribution < 1.29 is 19.1 Å². The third kappa shape index (κ3) is 7.85. The van der Waals surface area contributed by atoms with Gasteiger partial charge in [0, 0.05) is 17.8 Å². The van der Waals surface area contributed by atoms with E-state index in [1.807, 2.05) is 0 Å². The van der Waals surface area contributed by atoms with Crippen LogP contribution in [-0.4, -0.2) is 30.1 Å². The first kappa shape index (κ1) is 18.5. The van der Waals surface area contributed by atoms with Crippen LogP contribution in [0.4, 0.5) is 16.2 Å².